The highest BCUT2D eigenvalue weighted by atomic mass is 32.1. The van der Waals surface area contributed by atoms with Gasteiger partial charge in [0, 0.05) is 31.6 Å². The molecule has 9 heteroatoms. The van der Waals surface area contributed by atoms with E-state index in [1.54, 1.807) is 18.4 Å². The molecule has 4 rings (SSSR count). The molecule has 3 aromatic rings. The van der Waals surface area contributed by atoms with Crippen molar-refractivity contribution in [3.05, 3.63) is 70.1 Å². The summed E-state index contributed by atoms with van der Waals surface area (Å²) in [6, 6.07) is 9.90. The normalized spacial score (nSPS) is 16.5. The average molecular weight is 469 g/mol. The summed E-state index contributed by atoms with van der Waals surface area (Å²) in [6.45, 7) is 7.79. The van der Waals surface area contributed by atoms with Crippen LogP contribution < -0.4 is 10.6 Å². The number of benzene rings is 1. The maximum atomic E-state index is 12.4. The van der Waals surface area contributed by atoms with Crippen molar-refractivity contribution >= 4 is 28.3 Å². The van der Waals surface area contributed by atoms with Crippen molar-refractivity contribution in [2.24, 2.45) is 0 Å². The number of amides is 2. The van der Waals surface area contributed by atoms with E-state index in [1.807, 2.05) is 12.1 Å². The Labute approximate surface area is 197 Å². The predicted octanol–water partition coefficient (Wildman–Crippen LogP) is 3.38. The molecule has 1 aliphatic heterocycles. The van der Waals surface area contributed by atoms with Crippen molar-refractivity contribution in [3.63, 3.8) is 0 Å². The number of anilines is 1. The molecule has 1 aromatic carbocycles. The number of carbonyl (C=O) groups is 2. The number of carbonyl (C=O) groups excluding carboxylic acids is 2. The Morgan fingerprint density at radius 1 is 1.27 bits per heavy atom. The smallest absolute Gasteiger partial charge is 0.260 e. The molecule has 0 bridgehead atoms. The van der Waals surface area contributed by atoms with E-state index in [9.17, 15) is 9.59 Å². The van der Waals surface area contributed by atoms with Crippen molar-refractivity contribution < 1.29 is 18.7 Å². The molecule has 1 unspecified atom stereocenters. The van der Waals surface area contributed by atoms with Crippen molar-refractivity contribution in [2.75, 3.05) is 25.0 Å². The van der Waals surface area contributed by atoms with E-state index in [4.69, 9.17) is 9.15 Å². The molecule has 2 N–H and O–H groups in total. The fraction of sp³-hybridized carbons (Fsp3) is 0.375. The molecule has 8 nitrogen and oxygen atoms in total. The minimum atomic E-state index is -0.280. The summed E-state index contributed by atoms with van der Waals surface area (Å²) in [6.07, 6.45) is 1.89. The maximum absolute atomic E-state index is 12.4. The van der Waals surface area contributed by atoms with Crippen LogP contribution in [-0.2, 0) is 29.0 Å². The molecule has 0 saturated carbocycles. The lowest BCUT2D eigenvalue weighted by molar-refractivity contribution is -0.120. The highest BCUT2D eigenvalue weighted by Gasteiger charge is 2.17. The van der Waals surface area contributed by atoms with Gasteiger partial charge in [0.25, 0.3) is 5.91 Å². The van der Waals surface area contributed by atoms with Gasteiger partial charge in [-0.2, -0.15) is 0 Å². The van der Waals surface area contributed by atoms with Crippen molar-refractivity contribution in [1.29, 1.82) is 0 Å². The number of furan rings is 1. The van der Waals surface area contributed by atoms with Gasteiger partial charge in [0.15, 0.2) is 5.13 Å². The van der Waals surface area contributed by atoms with Crippen LogP contribution in [0.3, 0.4) is 0 Å². The average Bonchev–Trinajstić information content (AvgIpc) is 3.41. The molecule has 1 saturated heterocycles. The van der Waals surface area contributed by atoms with Gasteiger partial charge in [-0.1, -0.05) is 24.3 Å². The second kappa shape index (κ2) is 10.7. The highest BCUT2D eigenvalue weighted by Crippen LogP contribution is 2.18. The number of aromatic nitrogens is 1. The van der Waals surface area contributed by atoms with Crippen LogP contribution in [0.1, 0.15) is 39.9 Å². The first-order valence-electron chi connectivity index (χ1n) is 10.9. The largest absolute Gasteiger partial charge is 0.469 e. The second-order valence-corrected chi connectivity index (χ2v) is 9.04. The van der Waals surface area contributed by atoms with E-state index in [0.717, 1.165) is 31.8 Å². The van der Waals surface area contributed by atoms with Gasteiger partial charge in [0.2, 0.25) is 5.91 Å². The first kappa shape index (κ1) is 23.2. The number of nitrogens with zero attached hydrogens (tertiary/aromatic N) is 2. The summed E-state index contributed by atoms with van der Waals surface area (Å²) >= 11 is 1.29. The number of thiazole rings is 1. The summed E-state index contributed by atoms with van der Waals surface area (Å²) in [7, 11) is 0. The lowest BCUT2D eigenvalue weighted by Gasteiger charge is -2.31. The number of rotatable bonds is 8. The Bertz CT molecular complexity index is 1110. The van der Waals surface area contributed by atoms with Crippen LogP contribution in [-0.4, -0.2) is 47.5 Å². The first-order chi connectivity index (χ1) is 16.0. The first-order valence-corrected chi connectivity index (χ1v) is 11.8. The molecular formula is C24H28N4O4S. The minimum absolute atomic E-state index is 0.115. The lowest BCUT2D eigenvalue weighted by atomic mass is 10.1. The van der Waals surface area contributed by atoms with Gasteiger partial charge in [0.1, 0.15) is 5.76 Å². The molecule has 1 fully saturated rings. The molecular weight excluding hydrogens is 440 g/mol. The van der Waals surface area contributed by atoms with Gasteiger partial charge in [-0.05, 0) is 31.0 Å². The van der Waals surface area contributed by atoms with Crippen molar-refractivity contribution in [3.8, 4) is 0 Å². The predicted molar refractivity (Wildman–Crippen MR) is 126 cm³/mol. The third kappa shape index (κ3) is 6.50. The van der Waals surface area contributed by atoms with Crippen LogP contribution in [0.25, 0.3) is 0 Å². The lowest BCUT2D eigenvalue weighted by Crippen LogP contribution is -2.40. The molecule has 2 amide bonds. The fourth-order valence-corrected chi connectivity index (χ4v) is 4.49. The number of morpholine rings is 1. The van der Waals surface area contributed by atoms with Gasteiger partial charge < -0.3 is 14.5 Å². The Kier molecular flexibility index (Phi) is 7.54. The maximum Gasteiger partial charge on any atom is 0.260 e. The Morgan fingerprint density at radius 2 is 2.12 bits per heavy atom. The highest BCUT2D eigenvalue weighted by molar-refractivity contribution is 7.14. The second-order valence-electron chi connectivity index (χ2n) is 8.18. The molecule has 33 heavy (non-hydrogen) atoms. The summed E-state index contributed by atoms with van der Waals surface area (Å²) in [5.41, 5.74) is 3.37. The molecule has 1 atom stereocenters. The van der Waals surface area contributed by atoms with Crippen LogP contribution in [0.4, 0.5) is 5.13 Å². The number of nitrogens with one attached hydrogen (secondary N) is 2. The van der Waals surface area contributed by atoms with Gasteiger partial charge in [0.05, 0.1) is 36.7 Å². The zero-order valence-electron chi connectivity index (χ0n) is 18.8. The van der Waals surface area contributed by atoms with Gasteiger partial charge in [-0.3, -0.25) is 19.8 Å². The number of aryl methyl sites for hydroxylation is 1. The third-order valence-corrected chi connectivity index (χ3v) is 6.24. The molecule has 3 heterocycles. The van der Waals surface area contributed by atoms with Crippen LogP contribution in [0.5, 0.6) is 0 Å². The van der Waals surface area contributed by atoms with Crippen LogP contribution >= 0.6 is 11.3 Å². The summed E-state index contributed by atoms with van der Waals surface area (Å²) in [5, 5.41) is 7.93. The van der Waals surface area contributed by atoms with Crippen LogP contribution in [0.2, 0.25) is 0 Å². The molecule has 1 aliphatic rings. The van der Waals surface area contributed by atoms with E-state index in [0.29, 0.717) is 28.7 Å². The molecule has 0 spiro atoms. The van der Waals surface area contributed by atoms with Crippen molar-refractivity contribution in [2.45, 2.75) is 39.5 Å². The number of hydrogen-bond donors (Lipinski definition) is 2. The van der Waals surface area contributed by atoms with Gasteiger partial charge in [-0.25, -0.2) is 4.98 Å². The molecule has 2 aromatic heterocycles. The van der Waals surface area contributed by atoms with Crippen LogP contribution in [0, 0.1) is 6.92 Å². The zero-order chi connectivity index (χ0) is 23.2. The summed E-state index contributed by atoms with van der Waals surface area (Å²) in [4.78, 5) is 31.4. The Balaban J connectivity index is 1.25. The van der Waals surface area contributed by atoms with E-state index >= 15 is 0 Å². The monoisotopic (exact) mass is 468 g/mol. The standard InChI is InChI=1S/C24H28N4O4S/c1-16-13-28(7-9-31-16)14-19-5-3-4-18(10-19)12-25-22(29)11-20-15-33-24(26-20)27-23(30)21-6-8-32-17(21)2/h3-6,8,10,15-16H,7,9,11-14H2,1-2H3,(H,25,29)(H,26,27,30). The Hall–Kier alpha value is -3.01. The van der Waals surface area contributed by atoms with E-state index < -0.39 is 0 Å². The summed E-state index contributed by atoms with van der Waals surface area (Å²) in [5.74, 6) is 0.154. The molecule has 0 radical (unpaired) electrons. The van der Waals surface area contributed by atoms with E-state index in [-0.39, 0.29) is 24.3 Å². The number of hydrogen-bond acceptors (Lipinski definition) is 7. The topological polar surface area (TPSA) is 96.7 Å². The molecule has 174 valence electrons. The van der Waals surface area contributed by atoms with Crippen molar-refractivity contribution in [1.82, 2.24) is 15.2 Å². The SMILES string of the molecule is Cc1occc1C(=O)Nc1nc(CC(=O)NCc2cccc(CN3CCOC(C)C3)c2)cs1. The zero-order valence-corrected chi connectivity index (χ0v) is 19.6. The minimum Gasteiger partial charge on any atom is -0.469 e. The van der Waals surface area contributed by atoms with E-state index in [2.05, 4.69) is 39.6 Å². The van der Waals surface area contributed by atoms with Gasteiger partial charge >= 0.3 is 0 Å². The molecule has 0 aliphatic carbocycles. The third-order valence-electron chi connectivity index (χ3n) is 5.43. The fourth-order valence-electron chi connectivity index (χ4n) is 3.79. The van der Waals surface area contributed by atoms with Crippen LogP contribution in [0.15, 0.2) is 46.4 Å². The van der Waals surface area contributed by atoms with E-state index in [1.165, 1.54) is 23.2 Å². The summed E-state index contributed by atoms with van der Waals surface area (Å²) < 4.78 is 10.8. The van der Waals surface area contributed by atoms with Gasteiger partial charge in [-0.15, -0.1) is 11.3 Å². The quantitative estimate of drug-likeness (QED) is 0.526. The Morgan fingerprint density at radius 3 is 2.91 bits per heavy atom. The number of ether oxygens (including phenoxy) is 1.